The minimum Gasteiger partial charge on any atom is -0.477 e. The molecule has 0 aromatic carbocycles. The predicted molar refractivity (Wildman–Crippen MR) is 334 cm³/mol. The summed E-state index contributed by atoms with van der Waals surface area (Å²) in [6.45, 7) is -11.6. The molecular formula is C58H99N2O51P. The average molecular weight is 1670 g/mol. The fourth-order valence-corrected chi connectivity index (χ4v) is 14.5. The molecular weight excluding hydrogens is 1570 g/mol. The molecule has 9 fully saturated rings. The van der Waals surface area contributed by atoms with Gasteiger partial charge in [-0.2, -0.15) is 0 Å². The molecule has 9 saturated heterocycles. The van der Waals surface area contributed by atoms with Gasteiger partial charge in [0.2, 0.25) is 0 Å². The summed E-state index contributed by atoms with van der Waals surface area (Å²) in [5, 5.41) is 307. The Morgan fingerprint density at radius 2 is 0.795 bits per heavy atom. The molecule has 9 heterocycles. The number of carbonyl (C=O) groups is 2. The third kappa shape index (κ3) is 19.8. The fourth-order valence-electron chi connectivity index (χ4n) is 13.9. The second-order valence-corrected chi connectivity index (χ2v) is 29.1. The Morgan fingerprint density at radius 3 is 1.29 bits per heavy atom. The van der Waals surface area contributed by atoms with Crippen molar-refractivity contribution < 1.29 is 252 Å². The number of aliphatic hydroxyl groups is 26. The molecule has 652 valence electrons. The standard InChI is InChI=1S/C58H99N2O51P/c59-23-31(76)30(75)20(97-48(23)86)9-94-49-24(60)32(77)43(111-112(91,92)93)22(102-49)11-96-57(55(87)88)2-15(108-58(56(89)90)1-12(67)25(70)41(109-58)13(68)3-61)44(42(110-57)14(69)4-62)104-53-40(85)46(106-51-38(83)34(79)27(72)17(6-64)99-51)45(105-50-37(82)33(78)26(71)16(5-63)98-50)21(103-53)10-95-54-47(36(81)29(74)19(8-66)101-54)107-52-39(84)35(80)28(73)18(7-65)100-52/h12-54,61-86H,1-11,59-60H2,(H,87,88)(H,89,90)(H2,91,92,93)/t12-,13-,14-,15-,16-,17-,18-,19-,20-,21-,22-,23-,24-,25-,26-,27-,28-,29-,30-,31-,32-,33+,34+,35+,36+,37-,38-,39-,40-,41-,42-,43-,44-,45+,46+,47-,48+,49-,50+,51+,52-,53-,54-,57-,58-/m1/s1. The second kappa shape index (κ2) is 38.8. The minimum atomic E-state index is -5.87. The lowest BCUT2D eigenvalue weighted by molar-refractivity contribution is -0.415. The number of ether oxygens (including phenoxy) is 17. The Hall–Kier alpha value is -2.75. The molecule has 0 saturated carbocycles. The summed E-state index contributed by atoms with van der Waals surface area (Å²) in [4.78, 5) is 48.2. The molecule has 9 aliphatic rings. The van der Waals surface area contributed by atoms with Crippen LogP contribution in [0.3, 0.4) is 0 Å². The Kier molecular flexibility index (Phi) is 32.2. The monoisotopic (exact) mass is 1670 g/mol. The first-order valence-electron chi connectivity index (χ1n) is 34.7. The van der Waals surface area contributed by atoms with Crippen molar-refractivity contribution in [3.05, 3.63) is 0 Å². The van der Waals surface area contributed by atoms with Crippen LogP contribution in [-0.4, -0.2) is 499 Å². The van der Waals surface area contributed by atoms with Crippen molar-refractivity contribution in [2.75, 3.05) is 59.5 Å². The van der Waals surface area contributed by atoms with Crippen LogP contribution in [0.4, 0.5) is 0 Å². The molecule has 0 aromatic rings. The maximum Gasteiger partial charge on any atom is 0.470 e. The molecule has 0 radical (unpaired) electrons. The van der Waals surface area contributed by atoms with E-state index in [4.69, 9.17) is 96.5 Å². The lowest BCUT2D eigenvalue weighted by Gasteiger charge is -2.53. The Balaban J connectivity index is 1.17. The zero-order chi connectivity index (χ0) is 83.0. The number of carboxylic acid groups (broad SMARTS) is 2. The largest absolute Gasteiger partial charge is 0.477 e. The minimum absolute atomic E-state index is 0.942. The quantitative estimate of drug-likeness (QED) is 0.0287. The topological polar surface area (TPSA) is 876 Å². The highest BCUT2D eigenvalue weighted by atomic mass is 31.2. The predicted octanol–water partition coefficient (Wildman–Crippen LogP) is -20.9. The van der Waals surface area contributed by atoms with E-state index in [0.717, 1.165) is 0 Å². The first-order chi connectivity index (χ1) is 52.6. The molecule has 34 N–H and O–H groups in total. The fraction of sp³-hybridized carbons (Fsp3) is 0.966. The van der Waals surface area contributed by atoms with Gasteiger partial charge in [0, 0.05) is 12.8 Å². The maximum absolute atomic E-state index is 14.2. The van der Waals surface area contributed by atoms with Gasteiger partial charge in [-0.05, 0) is 0 Å². The number of rotatable bonds is 31. The Labute approximate surface area is 629 Å². The van der Waals surface area contributed by atoms with E-state index in [-0.39, 0.29) is 0 Å². The number of aliphatic carboxylic acids is 2. The van der Waals surface area contributed by atoms with Crippen molar-refractivity contribution in [2.45, 2.75) is 288 Å². The van der Waals surface area contributed by atoms with E-state index >= 15 is 0 Å². The molecule has 54 heteroatoms. The zero-order valence-corrected chi connectivity index (χ0v) is 59.1. The van der Waals surface area contributed by atoms with Crippen molar-refractivity contribution in [2.24, 2.45) is 11.5 Å². The van der Waals surface area contributed by atoms with E-state index in [1.54, 1.807) is 0 Å². The summed E-state index contributed by atoms with van der Waals surface area (Å²) in [7, 11) is -5.87. The lowest BCUT2D eigenvalue weighted by Crippen LogP contribution is -2.71. The van der Waals surface area contributed by atoms with Gasteiger partial charge < -0.3 is 245 Å². The number of phosphoric acid groups is 1. The first-order valence-corrected chi connectivity index (χ1v) is 36.2. The smallest absolute Gasteiger partial charge is 0.470 e. The number of hydrogen-bond donors (Lipinski definition) is 32. The van der Waals surface area contributed by atoms with E-state index in [1.165, 1.54) is 0 Å². The normalized spacial score (nSPS) is 49.9. The highest BCUT2D eigenvalue weighted by Gasteiger charge is 2.65. The molecule has 9 aliphatic heterocycles. The summed E-state index contributed by atoms with van der Waals surface area (Å²) in [6.07, 6.45) is -98.3. The van der Waals surface area contributed by atoms with E-state index in [2.05, 4.69) is 0 Å². The number of aliphatic hydroxyl groups excluding tert-OH is 26. The van der Waals surface area contributed by atoms with E-state index in [1.807, 2.05) is 0 Å². The van der Waals surface area contributed by atoms with Crippen LogP contribution < -0.4 is 11.5 Å². The summed E-state index contributed by atoms with van der Waals surface area (Å²) in [6, 6.07) is -3.56. The molecule has 112 heavy (non-hydrogen) atoms. The summed E-state index contributed by atoms with van der Waals surface area (Å²) in [5.41, 5.74) is 11.8. The second-order valence-electron chi connectivity index (χ2n) is 27.9. The summed E-state index contributed by atoms with van der Waals surface area (Å²) in [5.74, 6) is -12.2. The zero-order valence-electron chi connectivity index (χ0n) is 58.2. The van der Waals surface area contributed by atoms with Gasteiger partial charge in [0.05, 0.1) is 83.8 Å². The molecule has 0 aliphatic carbocycles. The number of nitrogens with two attached hydrogens (primary N) is 2. The van der Waals surface area contributed by atoms with Crippen LogP contribution in [0.25, 0.3) is 0 Å². The SMILES string of the molecule is N[C@@H]1[C@@H](O)[C@H](O)[C@@H](CO[C@@H]2O[C@H](CO[C@]3(C(=O)O)C[C@@H](O[C@]4(C(=O)O)C[C@@H](O)[C@@H](O)[C@@H]([C@H](O)CO)O4)[C@@H](O[C@H]4O[C@H](CO[C@@H]5O[C@H](CO)[C@@H](O)[C@H](O)[C@H]5O[C@H]5O[C@H](CO)[C@@H](O)[C@H](O)[C@H]5O)[C@H](O[C@@H]5O[C@H](CO)[C@@H](O)[C@H](O)[C@H]5O)[C@@H](O[C@@H]5O[C@H](CO)[C@@H](O)[C@H](O)[C@H]5O)[C@H]4O)[C@@H]([C@H](O)CO)O3)[C@@H](OP(=O)(O)O)[C@H](O)[C@H]2N)O[C@@H]1O. The molecule has 0 aromatic heterocycles. The van der Waals surface area contributed by atoms with E-state index in [0.29, 0.717) is 0 Å². The van der Waals surface area contributed by atoms with Crippen molar-refractivity contribution >= 4 is 19.8 Å². The number of hydrogen-bond acceptors (Lipinski definition) is 49. The maximum atomic E-state index is 14.2. The van der Waals surface area contributed by atoms with Crippen LogP contribution in [0.15, 0.2) is 0 Å². The van der Waals surface area contributed by atoms with Crippen LogP contribution in [-0.2, 0) is 99.2 Å². The molecule has 53 nitrogen and oxygen atoms in total. The van der Waals surface area contributed by atoms with Gasteiger partial charge in [-0.25, -0.2) is 14.2 Å². The van der Waals surface area contributed by atoms with Crippen LogP contribution >= 0.6 is 7.82 Å². The molecule has 0 unspecified atom stereocenters. The van der Waals surface area contributed by atoms with E-state index < -0.39 is 367 Å². The van der Waals surface area contributed by atoms with Gasteiger partial charge in [0.25, 0.3) is 11.6 Å². The Bertz CT molecular complexity index is 3020. The first kappa shape index (κ1) is 93.1. The Morgan fingerprint density at radius 1 is 0.393 bits per heavy atom. The van der Waals surface area contributed by atoms with Crippen LogP contribution in [0.5, 0.6) is 0 Å². The summed E-state index contributed by atoms with van der Waals surface area (Å²) < 4.78 is 117. The average Bonchev–Trinajstić information content (AvgIpc) is 0.729. The highest BCUT2D eigenvalue weighted by Crippen LogP contribution is 2.46. The van der Waals surface area contributed by atoms with Gasteiger partial charge in [-0.1, -0.05) is 0 Å². The van der Waals surface area contributed by atoms with Crippen molar-refractivity contribution in [1.29, 1.82) is 0 Å². The summed E-state index contributed by atoms with van der Waals surface area (Å²) >= 11 is 0. The van der Waals surface area contributed by atoms with Gasteiger partial charge in [0.15, 0.2) is 44.0 Å². The number of carboxylic acids is 2. The van der Waals surface area contributed by atoms with Gasteiger partial charge >= 0.3 is 19.8 Å². The van der Waals surface area contributed by atoms with Gasteiger partial charge in [-0.15, -0.1) is 0 Å². The molecule has 45 atom stereocenters. The lowest BCUT2D eigenvalue weighted by atomic mass is 9.89. The van der Waals surface area contributed by atoms with Crippen LogP contribution in [0.1, 0.15) is 12.8 Å². The third-order valence-corrected chi connectivity index (χ3v) is 20.9. The van der Waals surface area contributed by atoms with Crippen molar-refractivity contribution in [3.8, 4) is 0 Å². The molecule has 9 rings (SSSR count). The third-order valence-electron chi connectivity index (χ3n) is 20.4. The van der Waals surface area contributed by atoms with Gasteiger partial charge in [-0.3, -0.25) is 4.52 Å². The van der Waals surface area contributed by atoms with Gasteiger partial charge in [0.1, 0.15) is 195 Å². The molecule has 0 spiro atoms. The van der Waals surface area contributed by atoms with Crippen LogP contribution in [0.2, 0.25) is 0 Å². The van der Waals surface area contributed by atoms with Crippen molar-refractivity contribution in [1.82, 2.24) is 0 Å². The number of phosphoric ester groups is 1. The highest BCUT2D eigenvalue weighted by molar-refractivity contribution is 7.46. The molecule has 0 bridgehead atoms. The van der Waals surface area contributed by atoms with E-state index in [9.17, 15) is 167 Å². The molecule has 0 amide bonds. The van der Waals surface area contributed by atoms with Crippen LogP contribution in [0, 0.1) is 0 Å². The van der Waals surface area contributed by atoms with Crippen molar-refractivity contribution in [3.63, 3.8) is 0 Å².